The zero-order chi connectivity index (χ0) is 13.5. The lowest BCUT2D eigenvalue weighted by molar-refractivity contribution is 0.641. The molecule has 18 heavy (non-hydrogen) atoms. The first-order valence-corrected chi connectivity index (χ1v) is 6.98. The summed E-state index contributed by atoms with van der Waals surface area (Å²) in [5, 5.41) is 3.45. The van der Waals surface area contributed by atoms with Crippen molar-refractivity contribution in [3.05, 3.63) is 11.4 Å². The number of anilines is 2. The van der Waals surface area contributed by atoms with E-state index in [1.54, 1.807) is 0 Å². The molecule has 0 aliphatic heterocycles. The molecule has 1 atom stereocenters. The number of aryl methyl sites for hydroxylation is 1. The summed E-state index contributed by atoms with van der Waals surface area (Å²) in [5.41, 5.74) is 6.89. The van der Waals surface area contributed by atoms with Crippen molar-refractivity contribution in [2.45, 2.75) is 65.8 Å². The van der Waals surface area contributed by atoms with Crippen LogP contribution >= 0.6 is 0 Å². The van der Waals surface area contributed by atoms with Crippen molar-refractivity contribution >= 4 is 11.6 Å². The van der Waals surface area contributed by atoms with Crippen molar-refractivity contribution in [1.29, 1.82) is 0 Å². The van der Waals surface area contributed by atoms with E-state index < -0.39 is 0 Å². The number of unbranched alkanes of at least 4 members (excludes halogenated alkanes) is 1. The molecule has 0 bridgehead atoms. The number of aromatic nitrogens is 2. The van der Waals surface area contributed by atoms with Crippen LogP contribution < -0.4 is 11.1 Å². The van der Waals surface area contributed by atoms with Crippen LogP contribution in [0.25, 0.3) is 0 Å². The monoisotopic (exact) mass is 250 g/mol. The maximum absolute atomic E-state index is 5.94. The van der Waals surface area contributed by atoms with Gasteiger partial charge in [-0.25, -0.2) is 9.97 Å². The first-order valence-electron chi connectivity index (χ1n) is 6.98. The van der Waals surface area contributed by atoms with Gasteiger partial charge in [0.1, 0.15) is 17.5 Å². The van der Waals surface area contributed by atoms with Crippen LogP contribution in [0.5, 0.6) is 0 Å². The molecule has 0 aliphatic carbocycles. The Hall–Kier alpha value is -1.32. The molecule has 0 aliphatic rings. The molecule has 0 fully saturated rings. The topological polar surface area (TPSA) is 63.8 Å². The van der Waals surface area contributed by atoms with Gasteiger partial charge in [0.25, 0.3) is 0 Å². The maximum atomic E-state index is 5.94. The van der Waals surface area contributed by atoms with E-state index in [1.807, 2.05) is 6.92 Å². The number of nitrogens with zero attached hydrogens (tertiary/aromatic N) is 2. The van der Waals surface area contributed by atoms with Gasteiger partial charge in [0.2, 0.25) is 0 Å². The summed E-state index contributed by atoms with van der Waals surface area (Å²) in [5.74, 6) is 2.33. The molecular weight excluding hydrogens is 224 g/mol. The molecular formula is C14H26N4. The summed E-state index contributed by atoms with van der Waals surface area (Å²) in [6, 6.07) is 0.424. The van der Waals surface area contributed by atoms with E-state index in [0.717, 1.165) is 36.5 Å². The van der Waals surface area contributed by atoms with Gasteiger partial charge < -0.3 is 11.1 Å². The largest absolute Gasteiger partial charge is 0.383 e. The Labute approximate surface area is 110 Å². The molecule has 4 nitrogen and oxygen atoms in total. The maximum Gasteiger partial charge on any atom is 0.134 e. The van der Waals surface area contributed by atoms with Gasteiger partial charge in [-0.3, -0.25) is 0 Å². The minimum absolute atomic E-state index is 0.424. The number of rotatable bonds is 7. The lowest BCUT2D eigenvalue weighted by atomic mass is 10.1. The van der Waals surface area contributed by atoms with Crippen LogP contribution in [0.2, 0.25) is 0 Å². The molecule has 1 aromatic heterocycles. The fourth-order valence-electron chi connectivity index (χ4n) is 1.87. The quantitative estimate of drug-likeness (QED) is 0.779. The predicted molar refractivity (Wildman–Crippen MR) is 77.8 cm³/mol. The Bertz CT molecular complexity index is 376. The van der Waals surface area contributed by atoms with Crippen molar-refractivity contribution in [2.24, 2.45) is 0 Å². The molecule has 0 saturated heterocycles. The number of hydrogen-bond acceptors (Lipinski definition) is 4. The minimum Gasteiger partial charge on any atom is -0.383 e. The number of nitrogens with two attached hydrogens (primary N) is 1. The molecule has 1 unspecified atom stereocenters. The molecule has 3 N–H and O–H groups in total. The van der Waals surface area contributed by atoms with Crippen LogP contribution in [0.15, 0.2) is 0 Å². The average Bonchev–Trinajstić information content (AvgIpc) is 2.33. The van der Waals surface area contributed by atoms with Gasteiger partial charge >= 0.3 is 0 Å². The Morgan fingerprint density at radius 3 is 2.56 bits per heavy atom. The summed E-state index contributed by atoms with van der Waals surface area (Å²) in [6.45, 7) is 8.49. The predicted octanol–water partition coefficient (Wildman–Crippen LogP) is 3.31. The molecule has 1 heterocycles. The normalized spacial score (nSPS) is 12.4. The van der Waals surface area contributed by atoms with Gasteiger partial charge in [0, 0.05) is 18.0 Å². The van der Waals surface area contributed by atoms with E-state index in [4.69, 9.17) is 5.73 Å². The van der Waals surface area contributed by atoms with E-state index in [2.05, 4.69) is 36.1 Å². The molecule has 0 saturated carbocycles. The van der Waals surface area contributed by atoms with E-state index in [0.29, 0.717) is 11.9 Å². The SMILES string of the molecule is CCCCC(C)Nc1nc(CCC)nc(N)c1C. The summed E-state index contributed by atoms with van der Waals surface area (Å²) >= 11 is 0. The number of nitrogens with one attached hydrogen (secondary N) is 1. The third-order valence-corrected chi connectivity index (χ3v) is 3.08. The molecule has 0 radical (unpaired) electrons. The van der Waals surface area contributed by atoms with Gasteiger partial charge in [-0.15, -0.1) is 0 Å². The Morgan fingerprint density at radius 2 is 1.94 bits per heavy atom. The fourth-order valence-corrected chi connectivity index (χ4v) is 1.87. The number of hydrogen-bond donors (Lipinski definition) is 2. The molecule has 0 amide bonds. The smallest absolute Gasteiger partial charge is 0.134 e. The molecule has 0 spiro atoms. The van der Waals surface area contributed by atoms with Gasteiger partial charge in [0.15, 0.2) is 0 Å². The number of nitrogen functional groups attached to an aromatic ring is 1. The second-order valence-electron chi connectivity index (χ2n) is 4.94. The Morgan fingerprint density at radius 1 is 1.22 bits per heavy atom. The molecule has 102 valence electrons. The van der Waals surface area contributed by atoms with E-state index >= 15 is 0 Å². The van der Waals surface area contributed by atoms with Gasteiger partial charge in [-0.05, 0) is 26.7 Å². The van der Waals surface area contributed by atoms with Crippen LogP contribution in [0.1, 0.15) is 57.8 Å². The van der Waals surface area contributed by atoms with Crippen LogP contribution in [0.3, 0.4) is 0 Å². The first-order chi connectivity index (χ1) is 8.58. The Balaban J connectivity index is 2.79. The lowest BCUT2D eigenvalue weighted by Crippen LogP contribution is -2.18. The zero-order valence-corrected chi connectivity index (χ0v) is 12.1. The van der Waals surface area contributed by atoms with Crippen LogP contribution in [0.4, 0.5) is 11.6 Å². The third-order valence-electron chi connectivity index (χ3n) is 3.08. The average molecular weight is 250 g/mol. The zero-order valence-electron chi connectivity index (χ0n) is 12.1. The molecule has 4 heteroatoms. The van der Waals surface area contributed by atoms with Gasteiger partial charge in [-0.2, -0.15) is 0 Å². The van der Waals surface area contributed by atoms with Crippen molar-refractivity contribution in [3.63, 3.8) is 0 Å². The highest BCUT2D eigenvalue weighted by Crippen LogP contribution is 2.19. The summed E-state index contributed by atoms with van der Waals surface area (Å²) in [4.78, 5) is 8.89. The van der Waals surface area contributed by atoms with Crippen LogP contribution in [-0.2, 0) is 6.42 Å². The highest BCUT2D eigenvalue weighted by molar-refractivity contribution is 5.55. The van der Waals surface area contributed by atoms with Crippen molar-refractivity contribution < 1.29 is 0 Å². The Kier molecular flexibility index (Phi) is 5.89. The van der Waals surface area contributed by atoms with Crippen LogP contribution in [-0.4, -0.2) is 16.0 Å². The molecule has 1 rings (SSSR count). The lowest BCUT2D eigenvalue weighted by Gasteiger charge is -2.17. The summed E-state index contributed by atoms with van der Waals surface area (Å²) in [6.07, 6.45) is 5.52. The second-order valence-corrected chi connectivity index (χ2v) is 4.94. The van der Waals surface area contributed by atoms with Gasteiger partial charge in [-0.1, -0.05) is 26.7 Å². The van der Waals surface area contributed by atoms with Crippen LogP contribution in [0, 0.1) is 6.92 Å². The fraction of sp³-hybridized carbons (Fsp3) is 0.714. The molecule has 1 aromatic rings. The third kappa shape index (κ3) is 4.17. The highest BCUT2D eigenvalue weighted by atomic mass is 15.1. The van der Waals surface area contributed by atoms with Crippen molar-refractivity contribution in [3.8, 4) is 0 Å². The molecule has 0 aromatic carbocycles. The standard InChI is InChI=1S/C14H26N4/c1-5-7-9-10(3)16-14-11(4)13(15)17-12(18-14)8-6-2/h10H,5-9H2,1-4H3,(H3,15,16,17,18). The summed E-state index contributed by atoms with van der Waals surface area (Å²) in [7, 11) is 0. The van der Waals surface area contributed by atoms with Gasteiger partial charge in [0.05, 0.1) is 0 Å². The van der Waals surface area contributed by atoms with Crippen molar-refractivity contribution in [2.75, 3.05) is 11.1 Å². The van der Waals surface area contributed by atoms with E-state index in [1.165, 1.54) is 12.8 Å². The first kappa shape index (κ1) is 14.7. The highest BCUT2D eigenvalue weighted by Gasteiger charge is 2.10. The van der Waals surface area contributed by atoms with E-state index in [-0.39, 0.29) is 0 Å². The second kappa shape index (κ2) is 7.19. The van der Waals surface area contributed by atoms with E-state index in [9.17, 15) is 0 Å². The minimum atomic E-state index is 0.424. The summed E-state index contributed by atoms with van der Waals surface area (Å²) < 4.78 is 0. The van der Waals surface area contributed by atoms with Crippen molar-refractivity contribution in [1.82, 2.24) is 9.97 Å².